The molecule has 2 N–H and O–H groups in total. The van der Waals surface area contributed by atoms with E-state index in [-0.39, 0.29) is 12.8 Å². The van der Waals surface area contributed by atoms with Crippen molar-refractivity contribution in [2.24, 2.45) is 0 Å². The van der Waals surface area contributed by atoms with E-state index in [1.54, 1.807) is 20.8 Å². The Morgan fingerprint density at radius 1 is 1.00 bits per heavy atom. The summed E-state index contributed by atoms with van der Waals surface area (Å²) in [4.78, 5) is 48.3. The topological polar surface area (TPSA) is 111 Å². The fourth-order valence-corrected chi connectivity index (χ4v) is 2.46. The third-order valence-electron chi connectivity index (χ3n) is 3.57. The van der Waals surface area contributed by atoms with Gasteiger partial charge in [0.25, 0.3) is 0 Å². The zero-order valence-corrected chi connectivity index (χ0v) is 16.9. The predicted molar refractivity (Wildman–Crippen MR) is 102 cm³/mol. The molecule has 1 rings (SSSR count). The Bertz CT molecular complexity index is 696. The van der Waals surface area contributed by atoms with Crippen LogP contribution in [0.15, 0.2) is 30.3 Å². The summed E-state index contributed by atoms with van der Waals surface area (Å²) in [6.45, 7) is 6.39. The maximum Gasteiger partial charge on any atom is 0.328 e. The second-order valence-corrected chi connectivity index (χ2v) is 7.32. The molecular weight excluding hydrogens is 364 g/mol. The van der Waals surface area contributed by atoms with E-state index in [1.165, 1.54) is 6.92 Å². The van der Waals surface area contributed by atoms with E-state index in [0.717, 1.165) is 12.7 Å². The van der Waals surface area contributed by atoms with Crippen LogP contribution in [-0.4, -0.2) is 48.5 Å². The number of esters is 2. The van der Waals surface area contributed by atoms with Crippen molar-refractivity contribution >= 4 is 23.8 Å². The number of ether oxygens (including phenoxy) is 2. The lowest BCUT2D eigenvalue weighted by Crippen LogP contribution is -2.53. The van der Waals surface area contributed by atoms with Crippen molar-refractivity contribution in [1.82, 2.24) is 10.6 Å². The lowest BCUT2D eigenvalue weighted by Gasteiger charge is -2.24. The summed E-state index contributed by atoms with van der Waals surface area (Å²) in [6, 6.07) is 6.98. The molecule has 0 aromatic heterocycles. The fraction of sp³-hybridized carbons (Fsp3) is 0.500. The lowest BCUT2D eigenvalue weighted by molar-refractivity contribution is -0.159. The first kappa shape index (κ1) is 23.1. The quantitative estimate of drug-likeness (QED) is 0.642. The Labute approximate surface area is 165 Å². The van der Waals surface area contributed by atoms with Crippen molar-refractivity contribution in [1.29, 1.82) is 0 Å². The van der Waals surface area contributed by atoms with Crippen LogP contribution in [0.5, 0.6) is 0 Å². The molecule has 154 valence electrons. The van der Waals surface area contributed by atoms with Crippen LogP contribution < -0.4 is 10.6 Å². The van der Waals surface area contributed by atoms with Crippen molar-refractivity contribution in [3.05, 3.63) is 35.9 Å². The first-order valence-electron chi connectivity index (χ1n) is 8.93. The third kappa shape index (κ3) is 8.66. The number of hydrogen-bond donors (Lipinski definition) is 2. The number of rotatable bonds is 8. The smallest absolute Gasteiger partial charge is 0.328 e. The molecule has 8 nitrogen and oxygen atoms in total. The van der Waals surface area contributed by atoms with Crippen molar-refractivity contribution in [2.75, 3.05) is 7.11 Å². The molecule has 0 aliphatic heterocycles. The molecule has 0 aliphatic rings. The van der Waals surface area contributed by atoms with E-state index in [9.17, 15) is 19.2 Å². The van der Waals surface area contributed by atoms with Gasteiger partial charge in [-0.25, -0.2) is 4.79 Å². The van der Waals surface area contributed by atoms with E-state index >= 15 is 0 Å². The van der Waals surface area contributed by atoms with Gasteiger partial charge in [0.15, 0.2) is 0 Å². The maximum atomic E-state index is 12.7. The summed E-state index contributed by atoms with van der Waals surface area (Å²) in [6.07, 6.45) is -0.152. The molecule has 2 atom stereocenters. The summed E-state index contributed by atoms with van der Waals surface area (Å²) < 4.78 is 9.87. The number of amides is 2. The van der Waals surface area contributed by atoms with Crippen molar-refractivity contribution in [2.45, 2.75) is 58.2 Å². The summed E-state index contributed by atoms with van der Waals surface area (Å²) in [5.41, 5.74) is 0.103. The number of methoxy groups -OCH3 is 1. The highest BCUT2D eigenvalue weighted by Gasteiger charge is 2.30. The van der Waals surface area contributed by atoms with Gasteiger partial charge in [0.05, 0.1) is 13.5 Å². The Hall–Kier alpha value is -2.90. The van der Waals surface area contributed by atoms with Crippen molar-refractivity contribution in [3.8, 4) is 0 Å². The number of carbonyl (C=O) groups excluding carboxylic acids is 4. The molecule has 8 heteroatoms. The Morgan fingerprint density at radius 2 is 1.61 bits per heavy atom. The maximum absolute atomic E-state index is 12.7. The van der Waals surface area contributed by atoms with Crippen LogP contribution in [0.2, 0.25) is 0 Å². The molecule has 0 saturated carbocycles. The molecule has 0 spiro atoms. The van der Waals surface area contributed by atoms with Gasteiger partial charge in [0.2, 0.25) is 11.8 Å². The highest BCUT2D eigenvalue weighted by atomic mass is 16.6. The number of carbonyl (C=O) groups is 4. The van der Waals surface area contributed by atoms with Crippen LogP contribution in [-0.2, 0) is 35.1 Å². The fourth-order valence-electron chi connectivity index (χ4n) is 2.46. The van der Waals surface area contributed by atoms with Gasteiger partial charge >= 0.3 is 11.9 Å². The van der Waals surface area contributed by atoms with E-state index in [2.05, 4.69) is 15.4 Å². The minimum Gasteiger partial charge on any atom is -0.467 e. The SMILES string of the molecule is COC(=O)[C@H](CC(=O)OC(C)(C)C)NC(=O)[C@H](Cc1ccccc1)NC(C)=O. The predicted octanol–water partition coefficient (Wildman–Crippen LogP) is 1.12. The number of nitrogens with one attached hydrogen (secondary N) is 2. The molecule has 1 aromatic carbocycles. The normalized spacial score (nSPS) is 13.0. The second kappa shape index (κ2) is 10.4. The number of benzene rings is 1. The van der Waals surface area contributed by atoms with Crippen LogP contribution in [0.1, 0.15) is 39.7 Å². The molecule has 0 aliphatic carbocycles. The van der Waals surface area contributed by atoms with Crippen molar-refractivity contribution < 1.29 is 28.7 Å². The van der Waals surface area contributed by atoms with Gasteiger partial charge < -0.3 is 20.1 Å². The molecule has 0 bridgehead atoms. The minimum atomic E-state index is -1.22. The average Bonchev–Trinajstić information content (AvgIpc) is 2.58. The zero-order valence-electron chi connectivity index (χ0n) is 16.9. The second-order valence-electron chi connectivity index (χ2n) is 7.32. The monoisotopic (exact) mass is 392 g/mol. The number of hydrogen-bond acceptors (Lipinski definition) is 6. The van der Waals surface area contributed by atoms with Crippen LogP contribution in [0, 0.1) is 0 Å². The van der Waals surface area contributed by atoms with Gasteiger partial charge in [-0.05, 0) is 26.3 Å². The first-order chi connectivity index (χ1) is 13.0. The molecule has 1 aromatic rings. The van der Waals surface area contributed by atoms with Gasteiger partial charge in [-0.1, -0.05) is 30.3 Å². The molecule has 0 heterocycles. The van der Waals surface area contributed by atoms with Crippen molar-refractivity contribution in [3.63, 3.8) is 0 Å². The Kier molecular flexibility index (Phi) is 8.63. The molecule has 0 saturated heterocycles. The largest absolute Gasteiger partial charge is 0.467 e. The van der Waals surface area contributed by atoms with Gasteiger partial charge in [0.1, 0.15) is 17.7 Å². The molecule has 28 heavy (non-hydrogen) atoms. The van der Waals surface area contributed by atoms with Crippen LogP contribution >= 0.6 is 0 Å². The minimum absolute atomic E-state index is 0.229. The van der Waals surface area contributed by atoms with E-state index < -0.39 is 41.4 Å². The Morgan fingerprint density at radius 3 is 2.11 bits per heavy atom. The first-order valence-corrected chi connectivity index (χ1v) is 8.93. The van der Waals surface area contributed by atoms with E-state index in [4.69, 9.17) is 4.74 Å². The van der Waals surface area contributed by atoms with Gasteiger partial charge in [-0.3, -0.25) is 14.4 Å². The van der Waals surface area contributed by atoms with E-state index in [1.807, 2.05) is 30.3 Å². The average molecular weight is 392 g/mol. The van der Waals surface area contributed by atoms with Gasteiger partial charge in [-0.15, -0.1) is 0 Å². The Balaban J connectivity index is 2.90. The molecule has 0 radical (unpaired) electrons. The van der Waals surface area contributed by atoms with Gasteiger partial charge in [-0.2, -0.15) is 0 Å². The highest BCUT2D eigenvalue weighted by molar-refractivity contribution is 5.92. The van der Waals surface area contributed by atoms with E-state index in [0.29, 0.717) is 0 Å². The summed E-state index contributed by atoms with van der Waals surface area (Å²) in [5.74, 6) is -2.42. The molecular formula is C20H28N2O6. The molecule has 0 fully saturated rings. The zero-order chi connectivity index (χ0) is 21.3. The van der Waals surface area contributed by atoms with Gasteiger partial charge in [0, 0.05) is 13.3 Å². The standard InChI is InChI=1S/C20H28N2O6/c1-13(23)21-15(11-14-9-7-6-8-10-14)18(25)22-16(19(26)27-5)12-17(24)28-20(2,3)4/h6-10,15-16H,11-12H2,1-5H3,(H,21,23)(H,22,25)/t15-,16-/m0/s1. The highest BCUT2D eigenvalue weighted by Crippen LogP contribution is 2.10. The van der Waals surface area contributed by atoms with Crippen LogP contribution in [0.3, 0.4) is 0 Å². The van der Waals surface area contributed by atoms with Crippen LogP contribution in [0.25, 0.3) is 0 Å². The third-order valence-corrected chi connectivity index (χ3v) is 3.57. The summed E-state index contributed by atoms with van der Waals surface area (Å²) in [5, 5.41) is 5.04. The molecule has 2 amide bonds. The summed E-state index contributed by atoms with van der Waals surface area (Å²) >= 11 is 0. The van der Waals surface area contributed by atoms with Crippen LogP contribution in [0.4, 0.5) is 0 Å². The molecule has 0 unspecified atom stereocenters. The summed E-state index contributed by atoms with van der Waals surface area (Å²) in [7, 11) is 1.16. The lowest BCUT2D eigenvalue weighted by atomic mass is 10.0.